The number of carbonyl (C=O) groups is 2. The maximum absolute atomic E-state index is 12.8. The van der Waals surface area contributed by atoms with Crippen LogP contribution < -0.4 is 15.6 Å². The second-order valence-electron chi connectivity index (χ2n) is 6.42. The van der Waals surface area contributed by atoms with Crippen molar-refractivity contribution in [2.75, 3.05) is 10.2 Å². The molecule has 2 aromatic rings. The van der Waals surface area contributed by atoms with Crippen LogP contribution in [-0.4, -0.2) is 33.9 Å². The number of nitrogens with one attached hydrogen (secondary N) is 2. The highest BCUT2D eigenvalue weighted by Crippen LogP contribution is 2.34. The van der Waals surface area contributed by atoms with Crippen LogP contribution in [0, 0.1) is 0 Å². The van der Waals surface area contributed by atoms with Crippen LogP contribution in [0.15, 0.2) is 54.6 Å². The fraction of sp³-hybridized carbons (Fsp3) is 0.222. The summed E-state index contributed by atoms with van der Waals surface area (Å²) in [6.45, 7) is 3.32. The number of nitrogens with zero attached hydrogens (tertiary/aromatic N) is 2. The lowest BCUT2D eigenvalue weighted by atomic mass is 10.0. The van der Waals surface area contributed by atoms with E-state index in [1.54, 1.807) is 62.4 Å². The van der Waals surface area contributed by atoms with E-state index in [1.165, 1.54) is 4.90 Å². The highest BCUT2D eigenvalue weighted by Gasteiger charge is 2.52. The summed E-state index contributed by atoms with van der Waals surface area (Å²) in [7, 11) is 0. The van der Waals surface area contributed by atoms with Gasteiger partial charge >= 0.3 is 12.1 Å². The summed E-state index contributed by atoms with van der Waals surface area (Å²) >= 11 is 5.88. The lowest BCUT2D eigenvalue weighted by Gasteiger charge is -2.31. The van der Waals surface area contributed by atoms with E-state index < -0.39 is 23.8 Å². The molecule has 0 aromatic heterocycles. The summed E-state index contributed by atoms with van der Waals surface area (Å²) < 4.78 is 0. The number of anilines is 2. The first kappa shape index (κ1) is 18.0. The standard InChI is InChI=1S/C18H19ClN4O3/c1-18(2)15(24)22(14-10-8-12(19)9-11-14)17(26)23(18)21-16(25)20-13-6-4-3-5-7-13/h3-11,15,24H,1-2H3,(H2,20,21,25). The molecule has 1 heterocycles. The number of amides is 4. The molecular formula is C18H19ClN4O3. The largest absolute Gasteiger partial charge is 0.371 e. The molecule has 1 atom stereocenters. The molecule has 1 aliphatic heterocycles. The summed E-state index contributed by atoms with van der Waals surface area (Å²) in [5.74, 6) is 0. The fourth-order valence-electron chi connectivity index (χ4n) is 2.72. The monoisotopic (exact) mass is 374 g/mol. The molecule has 26 heavy (non-hydrogen) atoms. The Balaban J connectivity index is 1.79. The number of hydrogen-bond donors (Lipinski definition) is 3. The van der Waals surface area contributed by atoms with Crippen molar-refractivity contribution in [1.29, 1.82) is 0 Å². The highest BCUT2D eigenvalue weighted by atomic mass is 35.5. The van der Waals surface area contributed by atoms with Crippen molar-refractivity contribution in [2.24, 2.45) is 0 Å². The van der Waals surface area contributed by atoms with E-state index in [-0.39, 0.29) is 0 Å². The summed E-state index contributed by atoms with van der Waals surface area (Å²) in [4.78, 5) is 26.3. The molecule has 8 heteroatoms. The van der Waals surface area contributed by atoms with Gasteiger partial charge in [0.25, 0.3) is 0 Å². The third-order valence-electron chi connectivity index (χ3n) is 4.20. The van der Waals surface area contributed by atoms with E-state index in [2.05, 4.69) is 10.7 Å². The molecule has 136 valence electrons. The topological polar surface area (TPSA) is 84.9 Å². The number of halogens is 1. The minimum Gasteiger partial charge on any atom is -0.371 e. The maximum Gasteiger partial charge on any atom is 0.346 e. The van der Waals surface area contributed by atoms with Crippen LogP contribution in [0.4, 0.5) is 21.0 Å². The van der Waals surface area contributed by atoms with Crippen LogP contribution in [0.3, 0.4) is 0 Å². The zero-order valence-electron chi connectivity index (χ0n) is 14.3. The molecule has 1 unspecified atom stereocenters. The highest BCUT2D eigenvalue weighted by molar-refractivity contribution is 6.30. The summed E-state index contributed by atoms with van der Waals surface area (Å²) in [6.07, 6.45) is -1.16. The summed E-state index contributed by atoms with van der Waals surface area (Å²) in [5, 5.41) is 14.9. The van der Waals surface area contributed by atoms with Gasteiger partial charge in [0.05, 0.1) is 0 Å². The third-order valence-corrected chi connectivity index (χ3v) is 4.45. The number of para-hydroxylation sites is 1. The average molecular weight is 375 g/mol. The summed E-state index contributed by atoms with van der Waals surface area (Å²) in [5.41, 5.74) is 2.53. The molecule has 0 radical (unpaired) electrons. The first-order valence-electron chi connectivity index (χ1n) is 8.00. The number of aliphatic hydroxyl groups excluding tert-OH is 1. The van der Waals surface area contributed by atoms with Crippen molar-refractivity contribution in [1.82, 2.24) is 10.4 Å². The summed E-state index contributed by atoms with van der Waals surface area (Å²) in [6, 6.07) is 14.2. The molecule has 1 saturated heterocycles. The van der Waals surface area contributed by atoms with Crippen molar-refractivity contribution in [3.63, 3.8) is 0 Å². The third kappa shape index (κ3) is 3.31. The number of urea groups is 2. The van der Waals surface area contributed by atoms with Gasteiger partial charge in [-0.1, -0.05) is 29.8 Å². The van der Waals surface area contributed by atoms with Gasteiger partial charge in [-0.25, -0.2) is 20.0 Å². The SMILES string of the molecule is CC1(C)C(O)N(c2ccc(Cl)cc2)C(=O)N1NC(=O)Nc1ccccc1. The number of hydrogen-bond acceptors (Lipinski definition) is 3. The number of carbonyl (C=O) groups excluding carboxylic acids is 2. The first-order chi connectivity index (χ1) is 12.3. The van der Waals surface area contributed by atoms with Crippen molar-refractivity contribution in [2.45, 2.75) is 25.6 Å². The van der Waals surface area contributed by atoms with Crippen LogP contribution in [0.25, 0.3) is 0 Å². The van der Waals surface area contributed by atoms with E-state index in [0.717, 1.165) is 5.01 Å². The molecule has 1 fully saturated rings. The minimum absolute atomic E-state index is 0.479. The number of aliphatic hydroxyl groups is 1. The van der Waals surface area contributed by atoms with Gasteiger partial charge in [0, 0.05) is 16.4 Å². The quantitative estimate of drug-likeness (QED) is 0.769. The Morgan fingerprint density at radius 3 is 2.35 bits per heavy atom. The lowest BCUT2D eigenvalue weighted by Crippen LogP contribution is -2.56. The zero-order chi connectivity index (χ0) is 18.9. The molecule has 0 aliphatic carbocycles. The molecule has 1 aliphatic rings. The van der Waals surface area contributed by atoms with Crippen LogP contribution in [-0.2, 0) is 0 Å². The van der Waals surface area contributed by atoms with Crippen molar-refractivity contribution < 1.29 is 14.7 Å². The first-order valence-corrected chi connectivity index (χ1v) is 8.38. The van der Waals surface area contributed by atoms with Crippen molar-refractivity contribution >= 4 is 35.0 Å². The molecule has 0 saturated carbocycles. The Bertz CT molecular complexity index is 811. The Hall–Kier alpha value is -2.77. The van der Waals surface area contributed by atoms with E-state index in [1.807, 2.05) is 6.07 Å². The molecule has 3 N–H and O–H groups in total. The van der Waals surface area contributed by atoms with Crippen LogP contribution in [0.2, 0.25) is 5.02 Å². The van der Waals surface area contributed by atoms with Crippen LogP contribution >= 0.6 is 11.6 Å². The zero-order valence-corrected chi connectivity index (χ0v) is 15.1. The molecule has 2 aromatic carbocycles. The van der Waals surface area contributed by atoms with Gasteiger partial charge < -0.3 is 10.4 Å². The van der Waals surface area contributed by atoms with Crippen LogP contribution in [0.5, 0.6) is 0 Å². The van der Waals surface area contributed by atoms with Gasteiger partial charge in [-0.15, -0.1) is 0 Å². The molecule has 0 spiro atoms. The number of rotatable bonds is 3. The van der Waals surface area contributed by atoms with Gasteiger partial charge in [0.2, 0.25) is 0 Å². The minimum atomic E-state index is -1.16. The Morgan fingerprint density at radius 2 is 1.73 bits per heavy atom. The van der Waals surface area contributed by atoms with Gasteiger partial charge in [0.15, 0.2) is 6.23 Å². The number of hydrazine groups is 1. The molecular weight excluding hydrogens is 356 g/mol. The van der Waals surface area contributed by atoms with E-state index >= 15 is 0 Å². The second-order valence-corrected chi connectivity index (χ2v) is 6.86. The lowest BCUT2D eigenvalue weighted by molar-refractivity contribution is 0.0442. The molecule has 7 nitrogen and oxygen atoms in total. The van der Waals surface area contributed by atoms with Gasteiger partial charge in [0.1, 0.15) is 5.54 Å². The fourth-order valence-corrected chi connectivity index (χ4v) is 2.84. The number of benzene rings is 2. The predicted molar refractivity (Wildman–Crippen MR) is 99.8 cm³/mol. The Morgan fingerprint density at radius 1 is 1.12 bits per heavy atom. The van der Waals surface area contributed by atoms with Gasteiger partial charge in [-0.3, -0.25) is 4.90 Å². The smallest absolute Gasteiger partial charge is 0.346 e. The van der Waals surface area contributed by atoms with E-state index in [4.69, 9.17) is 11.6 Å². The van der Waals surface area contributed by atoms with Crippen LogP contribution in [0.1, 0.15) is 13.8 Å². The normalized spacial score (nSPS) is 18.8. The predicted octanol–water partition coefficient (Wildman–Crippen LogP) is 3.42. The van der Waals surface area contributed by atoms with Gasteiger partial charge in [-0.05, 0) is 50.2 Å². The van der Waals surface area contributed by atoms with Gasteiger partial charge in [-0.2, -0.15) is 0 Å². The van der Waals surface area contributed by atoms with E-state index in [0.29, 0.717) is 16.4 Å². The Labute approximate surface area is 156 Å². The molecule has 4 amide bonds. The average Bonchev–Trinajstić information content (AvgIpc) is 2.77. The second kappa shape index (κ2) is 6.86. The maximum atomic E-state index is 12.8. The van der Waals surface area contributed by atoms with E-state index in [9.17, 15) is 14.7 Å². The van der Waals surface area contributed by atoms with Crippen molar-refractivity contribution in [3.05, 3.63) is 59.6 Å². The molecule has 0 bridgehead atoms. The van der Waals surface area contributed by atoms with Crippen molar-refractivity contribution in [3.8, 4) is 0 Å². The Kier molecular flexibility index (Phi) is 4.76. The molecule has 3 rings (SSSR count).